The van der Waals surface area contributed by atoms with Crippen molar-refractivity contribution >= 4 is 27.6 Å². The fourth-order valence-electron chi connectivity index (χ4n) is 2.91. The Labute approximate surface area is 156 Å². The molecule has 1 aromatic rings. The molecule has 1 fully saturated rings. The first-order valence-corrected chi connectivity index (χ1v) is 9.91. The molecule has 1 aliphatic rings. The molecule has 1 heterocycles. The molecular weight excluding hydrogens is 378 g/mol. The lowest BCUT2D eigenvalue weighted by Crippen LogP contribution is -2.40. The summed E-state index contributed by atoms with van der Waals surface area (Å²) >= 11 is 0. The Morgan fingerprint density at radius 1 is 1.22 bits per heavy atom. The molecule has 0 bridgehead atoms. The second-order valence-corrected chi connectivity index (χ2v) is 8.09. The number of non-ortho nitro benzene ring substituents is 1. The van der Waals surface area contributed by atoms with Crippen molar-refractivity contribution in [2.45, 2.75) is 30.6 Å². The first-order valence-electron chi connectivity index (χ1n) is 8.43. The zero-order valence-corrected chi connectivity index (χ0v) is 15.4. The second kappa shape index (κ2) is 8.91. The van der Waals surface area contributed by atoms with Crippen LogP contribution in [-0.2, 0) is 19.6 Å². The number of carbonyl (C=O) groups excluding carboxylic acids is 1. The summed E-state index contributed by atoms with van der Waals surface area (Å²) in [6.45, 7) is 0.838. The standard InChI is InChI=1S/C16H21N3O7S/c20-15(18-9-6-12(7-10-18)11-16(21)22)5-8-17-27(25,26)14-3-1-13(2-4-14)19(23)24/h1-4,12,17H,5-11H2,(H,21,22). The average molecular weight is 399 g/mol. The Morgan fingerprint density at radius 2 is 1.81 bits per heavy atom. The average Bonchev–Trinajstić information content (AvgIpc) is 2.61. The number of nitrogens with one attached hydrogen (secondary N) is 1. The monoisotopic (exact) mass is 399 g/mol. The Morgan fingerprint density at radius 3 is 2.33 bits per heavy atom. The predicted octanol–water partition coefficient (Wildman–Crippen LogP) is 0.976. The van der Waals surface area contributed by atoms with E-state index in [9.17, 15) is 28.1 Å². The Hall–Kier alpha value is -2.53. The molecule has 0 saturated carbocycles. The number of carboxylic acids is 1. The van der Waals surface area contributed by atoms with Gasteiger partial charge < -0.3 is 10.0 Å². The number of piperidine rings is 1. The maximum Gasteiger partial charge on any atom is 0.303 e. The van der Waals surface area contributed by atoms with E-state index < -0.39 is 20.9 Å². The molecule has 1 saturated heterocycles. The van der Waals surface area contributed by atoms with Gasteiger partial charge >= 0.3 is 5.97 Å². The van der Waals surface area contributed by atoms with Gasteiger partial charge in [-0.3, -0.25) is 19.7 Å². The van der Waals surface area contributed by atoms with Crippen molar-refractivity contribution in [2.24, 2.45) is 5.92 Å². The van der Waals surface area contributed by atoms with Gasteiger partial charge in [-0.2, -0.15) is 0 Å². The third-order valence-corrected chi connectivity index (χ3v) is 5.90. The number of nitrogens with zero attached hydrogens (tertiary/aromatic N) is 2. The van der Waals surface area contributed by atoms with Crippen LogP contribution in [0.1, 0.15) is 25.7 Å². The van der Waals surface area contributed by atoms with Crippen molar-refractivity contribution in [1.29, 1.82) is 0 Å². The number of carboxylic acid groups (broad SMARTS) is 1. The minimum Gasteiger partial charge on any atom is -0.481 e. The van der Waals surface area contributed by atoms with Gasteiger partial charge in [-0.25, -0.2) is 13.1 Å². The Kier molecular flexibility index (Phi) is 6.86. The SMILES string of the molecule is O=C(O)CC1CCN(C(=O)CCNS(=O)(=O)c2ccc([N+](=O)[O-])cc2)CC1. The van der Waals surface area contributed by atoms with Gasteiger partial charge in [0.25, 0.3) is 5.69 Å². The van der Waals surface area contributed by atoms with Gasteiger partial charge in [0, 0.05) is 44.6 Å². The van der Waals surface area contributed by atoms with Crippen LogP contribution in [0.4, 0.5) is 5.69 Å². The molecule has 0 aromatic heterocycles. The molecule has 0 radical (unpaired) electrons. The molecule has 27 heavy (non-hydrogen) atoms. The normalized spacial score (nSPS) is 15.5. The second-order valence-electron chi connectivity index (χ2n) is 6.32. The molecule has 0 spiro atoms. The molecule has 0 aliphatic carbocycles. The fraction of sp³-hybridized carbons (Fsp3) is 0.500. The highest BCUT2D eigenvalue weighted by molar-refractivity contribution is 7.89. The number of amides is 1. The summed E-state index contributed by atoms with van der Waals surface area (Å²) < 4.78 is 26.6. The predicted molar refractivity (Wildman–Crippen MR) is 94.5 cm³/mol. The molecule has 1 aromatic carbocycles. The number of hydrogen-bond acceptors (Lipinski definition) is 6. The van der Waals surface area contributed by atoms with E-state index in [4.69, 9.17) is 5.11 Å². The molecular formula is C16H21N3O7S. The highest BCUT2D eigenvalue weighted by atomic mass is 32.2. The topological polar surface area (TPSA) is 147 Å². The van der Waals surface area contributed by atoms with Gasteiger partial charge in [0.05, 0.1) is 9.82 Å². The van der Waals surface area contributed by atoms with Crippen LogP contribution >= 0.6 is 0 Å². The number of nitro benzene ring substituents is 1. The summed E-state index contributed by atoms with van der Waals surface area (Å²) in [6, 6.07) is 4.47. The summed E-state index contributed by atoms with van der Waals surface area (Å²) in [4.78, 5) is 34.3. The van der Waals surface area contributed by atoms with E-state index in [-0.39, 0.29) is 41.8 Å². The van der Waals surface area contributed by atoms with Crippen molar-refractivity contribution < 1.29 is 28.0 Å². The first-order chi connectivity index (χ1) is 12.7. The molecule has 0 atom stereocenters. The van der Waals surface area contributed by atoms with Crippen molar-refractivity contribution in [2.75, 3.05) is 19.6 Å². The molecule has 2 N–H and O–H groups in total. The maximum atomic E-state index is 12.2. The van der Waals surface area contributed by atoms with Crippen LogP contribution in [0.25, 0.3) is 0 Å². The number of likely N-dealkylation sites (tertiary alicyclic amines) is 1. The lowest BCUT2D eigenvalue weighted by molar-refractivity contribution is -0.384. The van der Waals surface area contributed by atoms with Crippen LogP contribution in [0, 0.1) is 16.0 Å². The smallest absolute Gasteiger partial charge is 0.303 e. The third-order valence-electron chi connectivity index (χ3n) is 4.42. The van der Waals surface area contributed by atoms with Crippen molar-refractivity contribution in [3.8, 4) is 0 Å². The fourth-order valence-corrected chi connectivity index (χ4v) is 3.95. The molecule has 1 amide bonds. The largest absolute Gasteiger partial charge is 0.481 e. The Balaban J connectivity index is 1.80. The molecule has 2 rings (SSSR count). The maximum absolute atomic E-state index is 12.2. The lowest BCUT2D eigenvalue weighted by atomic mass is 9.93. The van der Waals surface area contributed by atoms with Crippen LogP contribution in [0.2, 0.25) is 0 Å². The first kappa shape index (κ1) is 20.8. The van der Waals surface area contributed by atoms with Crippen molar-refractivity contribution in [1.82, 2.24) is 9.62 Å². The quantitative estimate of drug-likeness (QED) is 0.489. The van der Waals surface area contributed by atoms with Gasteiger partial charge in [0.15, 0.2) is 0 Å². The number of benzene rings is 1. The van der Waals surface area contributed by atoms with Crippen LogP contribution in [0.15, 0.2) is 29.2 Å². The van der Waals surface area contributed by atoms with Gasteiger partial charge in [-0.1, -0.05) is 0 Å². The van der Waals surface area contributed by atoms with Gasteiger partial charge in [0.1, 0.15) is 0 Å². The number of nitro groups is 1. The van der Waals surface area contributed by atoms with E-state index in [1.807, 2.05) is 0 Å². The van der Waals surface area contributed by atoms with E-state index in [2.05, 4.69) is 4.72 Å². The Bertz CT molecular complexity index is 800. The number of rotatable bonds is 8. The summed E-state index contributed by atoms with van der Waals surface area (Å²) in [5.41, 5.74) is -0.213. The number of hydrogen-bond donors (Lipinski definition) is 2. The van der Waals surface area contributed by atoms with Crippen LogP contribution in [0.5, 0.6) is 0 Å². The third kappa shape index (κ3) is 6.00. The number of carbonyl (C=O) groups is 2. The highest BCUT2D eigenvalue weighted by Gasteiger charge is 2.24. The van der Waals surface area contributed by atoms with E-state index in [0.717, 1.165) is 24.3 Å². The van der Waals surface area contributed by atoms with Crippen molar-refractivity contribution in [3.05, 3.63) is 34.4 Å². The van der Waals surface area contributed by atoms with Gasteiger partial charge in [-0.05, 0) is 30.9 Å². The molecule has 0 unspecified atom stereocenters. The van der Waals surface area contributed by atoms with Crippen LogP contribution in [-0.4, -0.2) is 54.9 Å². The van der Waals surface area contributed by atoms with E-state index in [1.54, 1.807) is 4.90 Å². The minimum atomic E-state index is -3.86. The summed E-state index contributed by atoms with van der Waals surface area (Å²) in [5.74, 6) is -0.984. The van der Waals surface area contributed by atoms with E-state index in [0.29, 0.717) is 25.9 Å². The summed E-state index contributed by atoms with van der Waals surface area (Å²) in [6.07, 6.45) is 1.31. The van der Waals surface area contributed by atoms with E-state index in [1.165, 1.54) is 0 Å². The van der Waals surface area contributed by atoms with Gasteiger partial charge in [0.2, 0.25) is 15.9 Å². The minimum absolute atomic E-state index is 0.0180. The van der Waals surface area contributed by atoms with Crippen molar-refractivity contribution in [3.63, 3.8) is 0 Å². The van der Waals surface area contributed by atoms with E-state index >= 15 is 0 Å². The highest BCUT2D eigenvalue weighted by Crippen LogP contribution is 2.21. The number of aliphatic carboxylic acids is 1. The molecule has 11 heteroatoms. The molecule has 148 valence electrons. The zero-order valence-electron chi connectivity index (χ0n) is 14.5. The molecule has 1 aliphatic heterocycles. The lowest BCUT2D eigenvalue weighted by Gasteiger charge is -2.31. The molecule has 10 nitrogen and oxygen atoms in total. The zero-order chi connectivity index (χ0) is 20.0. The summed E-state index contributed by atoms with van der Waals surface area (Å²) in [7, 11) is -3.86. The van der Waals surface area contributed by atoms with Crippen LogP contribution < -0.4 is 4.72 Å². The van der Waals surface area contributed by atoms with Crippen LogP contribution in [0.3, 0.4) is 0 Å². The number of sulfonamides is 1. The van der Waals surface area contributed by atoms with Gasteiger partial charge in [-0.15, -0.1) is 0 Å². The summed E-state index contributed by atoms with van der Waals surface area (Å²) in [5, 5.41) is 19.4.